The molecule has 0 bridgehead atoms. The zero-order valence-electron chi connectivity index (χ0n) is 12.8. The van der Waals surface area contributed by atoms with E-state index in [0.717, 1.165) is 12.1 Å². The molecule has 0 aliphatic heterocycles. The van der Waals surface area contributed by atoms with Crippen molar-refractivity contribution in [3.05, 3.63) is 35.9 Å². The van der Waals surface area contributed by atoms with Crippen LogP contribution < -0.4 is 10.6 Å². The molecule has 1 atom stereocenters. The van der Waals surface area contributed by atoms with Gasteiger partial charge in [0.2, 0.25) is 0 Å². The molecule has 116 valence electrons. The number of amides is 2. The molecule has 21 heavy (non-hydrogen) atoms. The first-order valence-electron chi connectivity index (χ1n) is 7.89. The van der Waals surface area contributed by atoms with E-state index in [1.54, 1.807) is 0 Å². The summed E-state index contributed by atoms with van der Waals surface area (Å²) in [6.45, 7) is 3.00. The summed E-state index contributed by atoms with van der Waals surface area (Å²) in [5, 5.41) is 15.1. The number of rotatable bonds is 8. The highest BCUT2D eigenvalue weighted by Crippen LogP contribution is 2.48. The van der Waals surface area contributed by atoms with Gasteiger partial charge in [-0.2, -0.15) is 0 Å². The number of carbonyl (C=O) groups excluding carboxylic acids is 1. The topological polar surface area (TPSA) is 61.4 Å². The first-order chi connectivity index (χ1) is 10.2. The Kier molecular flexibility index (Phi) is 5.62. The van der Waals surface area contributed by atoms with E-state index in [4.69, 9.17) is 0 Å². The Morgan fingerprint density at radius 3 is 2.62 bits per heavy atom. The van der Waals surface area contributed by atoms with Crippen LogP contribution in [0.15, 0.2) is 30.3 Å². The molecule has 1 fully saturated rings. The second kappa shape index (κ2) is 7.46. The maximum Gasteiger partial charge on any atom is 0.315 e. The molecule has 0 unspecified atom stereocenters. The molecule has 4 nitrogen and oxygen atoms in total. The minimum atomic E-state index is -0.141. The van der Waals surface area contributed by atoms with E-state index in [9.17, 15) is 9.90 Å². The Balaban J connectivity index is 1.84. The fourth-order valence-corrected chi connectivity index (χ4v) is 2.84. The lowest BCUT2D eigenvalue weighted by molar-refractivity contribution is 0.226. The molecule has 1 aliphatic rings. The van der Waals surface area contributed by atoms with E-state index in [0.29, 0.717) is 11.8 Å². The van der Waals surface area contributed by atoms with Gasteiger partial charge >= 0.3 is 6.03 Å². The van der Waals surface area contributed by atoms with Crippen LogP contribution in [0.25, 0.3) is 0 Å². The first kappa shape index (κ1) is 15.8. The summed E-state index contributed by atoms with van der Waals surface area (Å²) >= 11 is 0. The Morgan fingerprint density at radius 1 is 1.33 bits per heavy atom. The van der Waals surface area contributed by atoms with E-state index < -0.39 is 0 Å². The summed E-state index contributed by atoms with van der Waals surface area (Å²) in [7, 11) is 0. The van der Waals surface area contributed by atoms with Crippen LogP contribution in [0, 0.1) is 5.41 Å². The van der Waals surface area contributed by atoms with Crippen LogP contribution >= 0.6 is 0 Å². The maximum atomic E-state index is 12.1. The van der Waals surface area contributed by atoms with Crippen molar-refractivity contribution in [2.75, 3.05) is 13.2 Å². The van der Waals surface area contributed by atoms with Crippen LogP contribution in [-0.2, 0) is 0 Å². The van der Waals surface area contributed by atoms with Gasteiger partial charge in [-0.3, -0.25) is 0 Å². The molecule has 1 aromatic rings. The van der Waals surface area contributed by atoms with Crippen molar-refractivity contribution >= 4 is 6.03 Å². The number of urea groups is 1. The van der Waals surface area contributed by atoms with Crippen molar-refractivity contribution in [3.63, 3.8) is 0 Å². The molecule has 1 saturated carbocycles. The van der Waals surface area contributed by atoms with Crippen molar-refractivity contribution in [2.45, 2.75) is 45.1 Å². The molecule has 2 amide bonds. The van der Waals surface area contributed by atoms with Gasteiger partial charge in [0, 0.05) is 13.2 Å². The van der Waals surface area contributed by atoms with Crippen molar-refractivity contribution in [3.8, 4) is 0 Å². The minimum Gasteiger partial charge on any atom is -0.396 e. The molecule has 0 saturated heterocycles. The van der Waals surface area contributed by atoms with Gasteiger partial charge in [-0.05, 0) is 36.7 Å². The third-order valence-corrected chi connectivity index (χ3v) is 4.29. The lowest BCUT2D eigenvalue weighted by atomic mass is 10.0. The standard InChI is InChI=1S/C17H26N2O2/c1-2-9-17(10-11-17)13-18-16(21)19-15(8-12-20)14-6-4-3-5-7-14/h3-7,15,20H,2,8-13H2,1H3,(H2,18,19,21)/t15-/m1/s1. The SMILES string of the molecule is CCCC1(CNC(=O)N[C@H](CCO)c2ccccc2)CC1. The summed E-state index contributed by atoms with van der Waals surface area (Å²) in [6.07, 6.45) is 5.32. The number of hydrogen-bond donors (Lipinski definition) is 3. The highest BCUT2D eigenvalue weighted by molar-refractivity contribution is 5.74. The molecule has 1 aliphatic carbocycles. The molecule has 4 heteroatoms. The van der Waals surface area contributed by atoms with E-state index >= 15 is 0 Å². The van der Waals surface area contributed by atoms with Gasteiger partial charge in [-0.1, -0.05) is 43.7 Å². The Hall–Kier alpha value is -1.55. The number of aliphatic hydroxyl groups excluding tert-OH is 1. The number of nitrogens with one attached hydrogen (secondary N) is 2. The van der Waals surface area contributed by atoms with E-state index in [2.05, 4.69) is 17.6 Å². The fraction of sp³-hybridized carbons (Fsp3) is 0.588. The molecule has 0 aromatic heterocycles. The third-order valence-electron chi connectivity index (χ3n) is 4.29. The quantitative estimate of drug-likeness (QED) is 0.689. The Morgan fingerprint density at radius 2 is 2.05 bits per heavy atom. The number of aliphatic hydroxyl groups is 1. The van der Waals surface area contributed by atoms with Gasteiger partial charge < -0.3 is 15.7 Å². The Labute approximate surface area is 126 Å². The zero-order chi connectivity index (χ0) is 15.1. The molecule has 3 N–H and O–H groups in total. The van der Waals surface area contributed by atoms with Crippen LogP contribution in [0.1, 0.15) is 50.6 Å². The highest BCUT2D eigenvalue weighted by Gasteiger charge is 2.41. The van der Waals surface area contributed by atoms with E-state index in [-0.39, 0.29) is 18.7 Å². The minimum absolute atomic E-state index is 0.0552. The highest BCUT2D eigenvalue weighted by atomic mass is 16.3. The predicted octanol–water partition coefficient (Wildman–Crippen LogP) is 2.99. The van der Waals surface area contributed by atoms with Crippen LogP contribution in [0.3, 0.4) is 0 Å². The van der Waals surface area contributed by atoms with Crippen LogP contribution in [0.5, 0.6) is 0 Å². The second-order valence-electron chi connectivity index (χ2n) is 6.05. The lowest BCUT2D eigenvalue weighted by Gasteiger charge is -2.20. The summed E-state index contributed by atoms with van der Waals surface area (Å²) < 4.78 is 0. The van der Waals surface area contributed by atoms with Crippen LogP contribution in [0.4, 0.5) is 4.79 Å². The van der Waals surface area contributed by atoms with Gasteiger partial charge in [-0.15, -0.1) is 0 Å². The molecular formula is C17H26N2O2. The average molecular weight is 290 g/mol. The smallest absolute Gasteiger partial charge is 0.315 e. The molecule has 0 radical (unpaired) electrons. The number of hydrogen-bond acceptors (Lipinski definition) is 2. The monoisotopic (exact) mass is 290 g/mol. The normalized spacial score (nSPS) is 17.0. The van der Waals surface area contributed by atoms with Crippen molar-refractivity contribution in [1.29, 1.82) is 0 Å². The number of benzene rings is 1. The second-order valence-corrected chi connectivity index (χ2v) is 6.05. The predicted molar refractivity (Wildman–Crippen MR) is 84.0 cm³/mol. The summed E-state index contributed by atoms with van der Waals surface area (Å²) in [4.78, 5) is 12.1. The summed E-state index contributed by atoms with van der Waals surface area (Å²) in [5.74, 6) is 0. The van der Waals surface area contributed by atoms with Crippen molar-refractivity contribution in [1.82, 2.24) is 10.6 Å². The third kappa shape index (κ3) is 4.74. The summed E-state index contributed by atoms with van der Waals surface area (Å²) in [6, 6.07) is 9.50. The molecular weight excluding hydrogens is 264 g/mol. The average Bonchev–Trinajstić information content (AvgIpc) is 3.26. The Bertz CT molecular complexity index is 443. The first-order valence-corrected chi connectivity index (χ1v) is 7.89. The largest absolute Gasteiger partial charge is 0.396 e. The van der Waals surface area contributed by atoms with Crippen LogP contribution in [-0.4, -0.2) is 24.3 Å². The van der Waals surface area contributed by atoms with E-state index in [1.165, 1.54) is 25.7 Å². The molecule has 1 aromatic carbocycles. The fourth-order valence-electron chi connectivity index (χ4n) is 2.84. The maximum absolute atomic E-state index is 12.1. The zero-order valence-corrected chi connectivity index (χ0v) is 12.8. The molecule has 2 rings (SSSR count). The van der Waals surface area contributed by atoms with Crippen molar-refractivity contribution < 1.29 is 9.90 Å². The number of carbonyl (C=O) groups is 1. The van der Waals surface area contributed by atoms with Gasteiger partial charge in [0.15, 0.2) is 0 Å². The molecule has 0 spiro atoms. The molecule has 0 heterocycles. The van der Waals surface area contributed by atoms with Gasteiger partial charge in [-0.25, -0.2) is 4.79 Å². The lowest BCUT2D eigenvalue weighted by Crippen LogP contribution is -2.40. The summed E-state index contributed by atoms with van der Waals surface area (Å²) in [5.41, 5.74) is 1.38. The van der Waals surface area contributed by atoms with Gasteiger partial charge in [0.1, 0.15) is 0 Å². The van der Waals surface area contributed by atoms with Crippen molar-refractivity contribution in [2.24, 2.45) is 5.41 Å². The van der Waals surface area contributed by atoms with E-state index in [1.807, 2.05) is 30.3 Å². The van der Waals surface area contributed by atoms with Gasteiger partial charge in [0.25, 0.3) is 0 Å². The van der Waals surface area contributed by atoms with Gasteiger partial charge in [0.05, 0.1) is 6.04 Å². The van der Waals surface area contributed by atoms with Crippen LogP contribution in [0.2, 0.25) is 0 Å².